The van der Waals surface area contributed by atoms with Crippen LogP contribution in [0.4, 0.5) is 0 Å². The average molecular weight is 366 g/mol. The highest BCUT2D eigenvalue weighted by Crippen LogP contribution is 2.35. The Bertz CT molecular complexity index is 815. The first-order valence-corrected chi connectivity index (χ1v) is 9.45. The van der Waals surface area contributed by atoms with Crippen LogP contribution in [0.3, 0.4) is 0 Å². The fourth-order valence-electron chi connectivity index (χ4n) is 3.60. The minimum atomic E-state index is -0.306. The van der Waals surface area contributed by atoms with Crippen LogP contribution in [0.1, 0.15) is 59.2 Å². The molecule has 1 aliphatic rings. The molecule has 0 aromatic heterocycles. The van der Waals surface area contributed by atoms with Crippen molar-refractivity contribution < 1.29 is 14.3 Å². The van der Waals surface area contributed by atoms with Gasteiger partial charge in [0.15, 0.2) is 0 Å². The molecule has 0 aliphatic heterocycles. The number of nitrogens with one attached hydrogen (secondary N) is 2. The SMILES string of the molecule is CCc1ccc(C(=O)NNC(=O)CC2CCCc3cc(OC)ccc32)cc1. The number of hydrogen-bond donors (Lipinski definition) is 2. The molecule has 0 fully saturated rings. The number of hydrogen-bond acceptors (Lipinski definition) is 3. The number of methoxy groups -OCH3 is 1. The number of fused-ring (bicyclic) bond motifs is 1. The van der Waals surface area contributed by atoms with E-state index < -0.39 is 0 Å². The number of rotatable bonds is 5. The van der Waals surface area contributed by atoms with E-state index in [0.717, 1.165) is 31.4 Å². The quantitative estimate of drug-likeness (QED) is 0.796. The van der Waals surface area contributed by atoms with Crippen molar-refractivity contribution in [3.63, 3.8) is 0 Å². The predicted octanol–water partition coefficient (Wildman–Crippen LogP) is 3.53. The van der Waals surface area contributed by atoms with E-state index in [1.165, 1.54) is 16.7 Å². The van der Waals surface area contributed by atoms with Gasteiger partial charge in [0.25, 0.3) is 5.91 Å². The maximum absolute atomic E-state index is 12.3. The van der Waals surface area contributed by atoms with Crippen molar-refractivity contribution in [2.45, 2.75) is 44.9 Å². The van der Waals surface area contributed by atoms with Gasteiger partial charge in [-0.15, -0.1) is 0 Å². The molecule has 0 radical (unpaired) electrons. The number of aryl methyl sites for hydroxylation is 2. The fourth-order valence-corrected chi connectivity index (χ4v) is 3.60. The Morgan fingerprint density at radius 1 is 1.11 bits per heavy atom. The Kier molecular flexibility index (Phi) is 6.12. The van der Waals surface area contributed by atoms with Crippen molar-refractivity contribution >= 4 is 11.8 Å². The van der Waals surface area contributed by atoms with Gasteiger partial charge in [-0.05, 0) is 72.6 Å². The number of benzene rings is 2. The van der Waals surface area contributed by atoms with E-state index in [9.17, 15) is 9.59 Å². The van der Waals surface area contributed by atoms with Crippen molar-refractivity contribution in [1.29, 1.82) is 0 Å². The summed E-state index contributed by atoms with van der Waals surface area (Å²) < 4.78 is 5.29. The van der Waals surface area contributed by atoms with Gasteiger partial charge in [-0.25, -0.2) is 0 Å². The third-order valence-electron chi connectivity index (χ3n) is 5.16. The molecule has 5 nitrogen and oxygen atoms in total. The molecule has 142 valence electrons. The fraction of sp³-hybridized carbons (Fsp3) is 0.364. The second-order valence-electron chi connectivity index (χ2n) is 6.91. The number of ether oxygens (including phenoxy) is 1. The normalized spacial score (nSPS) is 15.6. The molecule has 5 heteroatoms. The minimum Gasteiger partial charge on any atom is -0.497 e. The number of hydrazine groups is 1. The van der Waals surface area contributed by atoms with Gasteiger partial charge in [0.05, 0.1) is 7.11 Å². The predicted molar refractivity (Wildman–Crippen MR) is 105 cm³/mol. The van der Waals surface area contributed by atoms with Crippen LogP contribution in [-0.2, 0) is 17.6 Å². The van der Waals surface area contributed by atoms with Crippen LogP contribution in [0.25, 0.3) is 0 Å². The van der Waals surface area contributed by atoms with Gasteiger partial charge >= 0.3 is 0 Å². The molecule has 2 N–H and O–H groups in total. The maximum Gasteiger partial charge on any atom is 0.269 e. The zero-order valence-corrected chi connectivity index (χ0v) is 15.9. The molecule has 0 heterocycles. The highest BCUT2D eigenvalue weighted by molar-refractivity contribution is 5.95. The summed E-state index contributed by atoms with van der Waals surface area (Å²) in [5.41, 5.74) is 9.21. The summed E-state index contributed by atoms with van der Waals surface area (Å²) in [4.78, 5) is 24.5. The van der Waals surface area contributed by atoms with E-state index in [0.29, 0.717) is 12.0 Å². The van der Waals surface area contributed by atoms with Crippen molar-refractivity contribution in [2.75, 3.05) is 7.11 Å². The van der Waals surface area contributed by atoms with E-state index in [4.69, 9.17) is 4.74 Å². The number of carbonyl (C=O) groups is 2. The summed E-state index contributed by atoms with van der Waals surface area (Å²) in [6.45, 7) is 2.06. The maximum atomic E-state index is 12.3. The molecule has 0 saturated heterocycles. The lowest BCUT2D eigenvalue weighted by Crippen LogP contribution is -2.42. The van der Waals surface area contributed by atoms with Gasteiger partial charge in [-0.1, -0.05) is 25.1 Å². The third-order valence-corrected chi connectivity index (χ3v) is 5.16. The summed E-state index contributed by atoms with van der Waals surface area (Å²) in [5.74, 6) is 0.530. The zero-order valence-electron chi connectivity index (χ0n) is 15.9. The Labute approximate surface area is 160 Å². The highest BCUT2D eigenvalue weighted by Gasteiger charge is 2.23. The molecule has 0 saturated carbocycles. The number of amides is 2. The monoisotopic (exact) mass is 366 g/mol. The van der Waals surface area contributed by atoms with E-state index in [1.807, 2.05) is 18.2 Å². The molecular weight excluding hydrogens is 340 g/mol. The van der Waals surface area contributed by atoms with Crippen molar-refractivity contribution in [3.05, 3.63) is 64.7 Å². The highest BCUT2D eigenvalue weighted by atomic mass is 16.5. The molecule has 1 atom stereocenters. The standard InChI is InChI=1S/C22H26N2O3/c1-3-15-7-9-16(10-8-15)22(26)24-23-21(25)14-18-6-4-5-17-13-19(27-2)11-12-20(17)18/h7-13,18H,3-6,14H2,1-2H3,(H,23,25)(H,24,26). The molecule has 27 heavy (non-hydrogen) atoms. The van der Waals surface area contributed by atoms with Gasteiger partial charge in [-0.3, -0.25) is 20.4 Å². The van der Waals surface area contributed by atoms with E-state index in [-0.39, 0.29) is 17.7 Å². The summed E-state index contributed by atoms with van der Waals surface area (Å²) in [5, 5.41) is 0. The van der Waals surface area contributed by atoms with Crippen LogP contribution >= 0.6 is 0 Å². The average Bonchev–Trinajstić information content (AvgIpc) is 2.71. The Morgan fingerprint density at radius 3 is 2.59 bits per heavy atom. The van der Waals surface area contributed by atoms with E-state index >= 15 is 0 Å². The molecule has 1 unspecified atom stereocenters. The minimum absolute atomic E-state index is 0.167. The lowest BCUT2D eigenvalue weighted by molar-refractivity contribution is -0.122. The first-order valence-electron chi connectivity index (χ1n) is 9.45. The lowest BCUT2D eigenvalue weighted by atomic mass is 9.81. The van der Waals surface area contributed by atoms with Gasteiger partial charge < -0.3 is 4.74 Å². The Balaban J connectivity index is 1.56. The molecule has 3 rings (SSSR count). The van der Waals surface area contributed by atoms with Gasteiger partial charge in [-0.2, -0.15) is 0 Å². The molecule has 1 aliphatic carbocycles. The van der Waals surface area contributed by atoms with E-state index in [2.05, 4.69) is 29.9 Å². The molecule has 2 amide bonds. The first-order chi connectivity index (χ1) is 13.1. The van der Waals surface area contributed by atoms with Crippen LogP contribution in [0, 0.1) is 0 Å². The summed E-state index contributed by atoms with van der Waals surface area (Å²) in [6.07, 6.45) is 4.31. The van der Waals surface area contributed by atoms with Gasteiger partial charge in [0.2, 0.25) is 5.91 Å². The number of carbonyl (C=O) groups excluding carboxylic acids is 2. The summed E-state index contributed by atoms with van der Waals surface area (Å²) >= 11 is 0. The summed E-state index contributed by atoms with van der Waals surface area (Å²) in [6, 6.07) is 13.4. The van der Waals surface area contributed by atoms with Crippen molar-refractivity contribution in [3.8, 4) is 5.75 Å². The third kappa shape index (κ3) is 4.67. The van der Waals surface area contributed by atoms with Crippen LogP contribution < -0.4 is 15.6 Å². The second-order valence-corrected chi connectivity index (χ2v) is 6.91. The van der Waals surface area contributed by atoms with E-state index in [1.54, 1.807) is 19.2 Å². The van der Waals surface area contributed by atoms with Gasteiger partial charge in [0, 0.05) is 12.0 Å². The van der Waals surface area contributed by atoms with Gasteiger partial charge in [0.1, 0.15) is 5.75 Å². The molecular formula is C22H26N2O3. The zero-order chi connectivity index (χ0) is 19.2. The second kappa shape index (κ2) is 8.71. The smallest absolute Gasteiger partial charge is 0.269 e. The topological polar surface area (TPSA) is 67.4 Å². The van der Waals surface area contributed by atoms with Crippen molar-refractivity contribution in [1.82, 2.24) is 10.9 Å². The first kappa shape index (κ1) is 19.0. The molecule has 2 aromatic rings. The molecule has 0 bridgehead atoms. The molecule has 2 aromatic carbocycles. The molecule has 0 spiro atoms. The summed E-state index contributed by atoms with van der Waals surface area (Å²) in [7, 11) is 1.66. The lowest BCUT2D eigenvalue weighted by Gasteiger charge is -2.25. The Hall–Kier alpha value is -2.82. The Morgan fingerprint density at radius 2 is 1.89 bits per heavy atom. The van der Waals surface area contributed by atoms with Crippen LogP contribution in [0.15, 0.2) is 42.5 Å². The van der Waals surface area contributed by atoms with Crippen LogP contribution in [0.2, 0.25) is 0 Å². The largest absolute Gasteiger partial charge is 0.497 e. The van der Waals surface area contributed by atoms with Crippen molar-refractivity contribution in [2.24, 2.45) is 0 Å². The van der Waals surface area contributed by atoms with Crippen LogP contribution in [-0.4, -0.2) is 18.9 Å². The van der Waals surface area contributed by atoms with Crippen LogP contribution in [0.5, 0.6) is 5.75 Å².